The molecule has 0 unspecified atom stereocenters. The van der Waals surface area contributed by atoms with E-state index in [2.05, 4.69) is 5.92 Å². The lowest BCUT2D eigenvalue weighted by atomic mass is 10.2. The van der Waals surface area contributed by atoms with Crippen LogP contribution < -0.4 is 0 Å². The molecule has 0 saturated carbocycles. The number of hydrogen-bond acceptors (Lipinski definition) is 3. The summed E-state index contributed by atoms with van der Waals surface area (Å²) in [6.07, 6.45) is 5.07. The Morgan fingerprint density at radius 1 is 1.44 bits per heavy atom. The standard InChI is InChI=1S/C11H11Cl2NO3S/c1-3-6-14(2)18(16,17)10-5-4-9(12)8(7-15)11(10)13/h1,4-5,15H,6-7H2,2H3. The first-order valence-corrected chi connectivity index (χ1v) is 7.03. The smallest absolute Gasteiger partial charge is 0.245 e. The van der Waals surface area contributed by atoms with Crippen molar-refractivity contribution < 1.29 is 13.5 Å². The van der Waals surface area contributed by atoms with Crippen LogP contribution in [0.2, 0.25) is 10.0 Å². The van der Waals surface area contributed by atoms with Crippen molar-refractivity contribution in [1.29, 1.82) is 0 Å². The second-order valence-corrected chi connectivity index (χ2v) is 6.26. The van der Waals surface area contributed by atoms with Gasteiger partial charge in [-0.05, 0) is 12.1 Å². The molecule has 1 N–H and O–H groups in total. The minimum atomic E-state index is -3.79. The third-order valence-corrected chi connectivity index (χ3v) is 5.05. The molecule has 1 aromatic carbocycles. The van der Waals surface area contributed by atoms with E-state index < -0.39 is 16.6 Å². The van der Waals surface area contributed by atoms with Crippen molar-refractivity contribution in [3.05, 3.63) is 27.7 Å². The van der Waals surface area contributed by atoms with Crippen LogP contribution in [0.5, 0.6) is 0 Å². The Hall–Kier alpha value is -0.770. The van der Waals surface area contributed by atoms with Crippen molar-refractivity contribution in [3.8, 4) is 12.3 Å². The van der Waals surface area contributed by atoms with Crippen LogP contribution in [0.1, 0.15) is 5.56 Å². The summed E-state index contributed by atoms with van der Waals surface area (Å²) >= 11 is 11.7. The van der Waals surface area contributed by atoms with Crippen LogP contribution >= 0.6 is 23.2 Å². The fourth-order valence-electron chi connectivity index (χ4n) is 1.30. The molecule has 0 amide bonds. The van der Waals surface area contributed by atoms with Crippen LogP contribution in [0.25, 0.3) is 0 Å². The van der Waals surface area contributed by atoms with E-state index in [1.165, 1.54) is 19.2 Å². The summed E-state index contributed by atoms with van der Waals surface area (Å²) in [5.74, 6) is 2.23. The van der Waals surface area contributed by atoms with Gasteiger partial charge in [0.05, 0.1) is 18.2 Å². The molecule has 0 spiro atoms. The highest BCUT2D eigenvalue weighted by atomic mass is 35.5. The number of hydrogen-bond donors (Lipinski definition) is 1. The zero-order valence-electron chi connectivity index (χ0n) is 9.52. The predicted molar refractivity (Wildman–Crippen MR) is 71.0 cm³/mol. The Labute approximate surface area is 116 Å². The van der Waals surface area contributed by atoms with E-state index in [9.17, 15) is 8.42 Å². The Kier molecular flexibility index (Phi) is 5.02. The molecular formula is C11H11Cl2NO3S. The van der Waals surface area contributed by atoms with E-state index in [1.54, 1.807) is 0 Å². The number of aliphatic hydroxyl groups excluding tert-OH is 1. The van der Waals surface area contributed by atoms with E-state index in [1.807, 2.05) is 0 Å². The van der Waals surface area contributed by atoms with E-state index in [0.29, 0.717) is 0 Å². The normalized spacial score (nSPS) is 11.6. The van der Waals surface area contributed by atoms with E-state index in [0.717, 1.165) is 4.31 Å². The van der Waals surface area contributed by atoms with Crippen molar-refractivity contribution in [2.45, 2.75) is 11.5 Å². The predicted octanol–water partition coefficient (Wildman–Crippen LogP) is 1.74. The molecule has 98 valence electrons. The van der Waals surface area contributed by atoms with Crippen LogP contribution in [0, 0.1) is 12.3 Å². The lowest BCUT2D eigenvalue weighted by molar-refractivity contribution is 0.281. The summed E-state index contributed by atoms with van der Waals surface area (Å²) in [6.45, 7) is -0.518. The van der Waals surface area contributed by atoms with Gasteiger partial charge in [-0.15, -0.1) is 6.42 Å². The maximum atomic E-state index is 12.1. The topological polar surface area (TPSA) is 57.6 Å². The van der Waals surface area contributed by atoms with Crippen LogP contribution in [0.15, 0.2) is 17.0 Å². The third kappa shape index (κ3) is 2.79. The average Bonchev–Trinajstić information content (AvgIpc) is 2.29. The summed E-state index contributed by atoms with van der Waals surface area (Å²) in [5, 5.41) is 9.24. The van der Waals surface area contributed by atoms with Gasteiger partial charge in [-0.2, -0.15) is 4.31 Å². The van der Waals surface area contributed by atoms with Crippen LogP contribution in [0.3, 0.4) is 0 Å². The van der Waals surface area contributed by atoms with Gasteiger partial charge >= 0.3 is 0 Å². The number of benzene rings is 1. The van der Waals surface area contributed by atoms with Crippen LogP contribution in [-0.4, -0.2) is 31.4 Å². The lowest BCUT2D eigenvalue weighted by Crippen LogP contribution is -2.27. The van der Waals surface area contributed by atoms with Gasteiger partial charge < -0.3 is 5.11 Å². The van der Waals surface area contributed by atoms with Crippen molar-refractivity contribution >= 4 is 33.2 Å². The van der Waals surface area contributed by atoms with Gasteiger partial charge in [-0.3, -0.25) is 0 Å². The second kappa shape index (κ2) is 5.91. The van der Waals surface area contributed by atoms with E-state index >= 15 is 0 Å². The molecule has 0 aromatic heterocycles. The molecule has 1 aromatic rings. The summed E-state index contributed by atoms with van der Waals surface area (Å²) in [5.41, 5.74) is 0.175. The SMILES string of the molecule is C#CCN(C)S(=O)(=O)c1ccc(Cl)c(CO)c1Cl. The van der Waals surface area contributed by atoms with Crippen molar-refractivity contribution in [2.24, 2.45) is 0 Å². The molecule has 0 heterocycles. The lowest BCUT2D eigenvalue weighted by Gasteiger charge is -2.16. The fraction of sp³-hybridized carbons (Fsp3) is 0.273. The minimum absolute atomic E-state index is 0.0737. The largest absolute Gasteiger partial charge is 0.392 e. The highest BCUT2D eigenvalue weighted by Crippen LogP contribution is 2.32. The Morgan fingerprint density at radius 3 is 2.56 bits per heavy atom. The monoisotopic (exact) mass is 307 g/mol. The molecule has 4 nitrogen and oxygen atoms in total. The Bertz CT molecular complexity index is 593. The first-order chi connectivity index (χ1) is 8.36. The fourth-order valence-corrected chi connectivity index (χ4v) is 3.25. The molecule has 0 aliphatic heterocycles. The number of sulfonamides is 1. The number of rotatable bonds is 4. The molecule has 7 heteroatoms. The number of aliphatic hydroxyl groups is 1. The second-order valence-electron chi connectivity index (χ2n) is 3.46. The average molecular weight is 308 g/mol. The quantitative estimate of drug-likeness (QED) is 0.862. The molecule has 1 rings (SSSR count). The molecule has 18 heavy (non-hydrogen) atoms. The van der Waals surface area contributed by atoms with Crippen molar-refractivity contribution in [1.82, 2.24) is 4.31 Å². The minimum Gasteiger partial charge on any atom is -0.392 e. The summed E-state index contributed by atoms with van der Waals surface area (Å²) in [4.78, 5) is -0.129. The molecule has 0 bridgehead atoms. The zero-order valence-corrected chi connectivity index (χ0v) is 11.8. The van der Waals surface area contributed by atoms with Crippen molar-refractivity contribution in [3.63, 3.8) is 0 Å². The van der Waals surface area contributed by atoms with Crippen molar-refractivity contribution in [2.75, 3.05) is 13.6 Å². The number of nitrogens with zero attached hydrogens (tertiary/aromatic N) is 1. The summed E-state index contributed by atoms with van der Waals surface area (Å²) in [7, 11) is -2.45. The molecule has 0 radical (unpaired) electrons. The van der Waals surface area contributed by atoms with E-state index in [-0.39, 0.29) is 27.0 Å². The maximum absolute atomic E-state index is 12.1. The van der Waals surface area contributed by atoms with Gasteiger partial charge in [0.25, 0.3) is 0 Å². The molecular weight excluding hydrogens is 297 g/mol. The first-order valence-electron chi connectivity index (χ1n) is 4.83. The molecule has 0 fully saturated rings. The first kappa shape index (κ1) is 15.3. The maximum Gasteiger partial charge on any atom is 0.245 e. The Balaban J connectivity index is 3.40. The highest BCUT2D eigenvalue weighted by molar-refractivity contribution is 7.89. The van der Waals surface area contributed by atoms with E-state index in [4.69, 9.17) is 34.7 Å². The van der Waals surface area contributed by atoms with Gasteiger partial charge in [0.15, 0.2) is 0 Å². The molecule has 0 saturated heterocycles. The van der Waals surface area contributed by atoms with Crippen LogP contribution in [-0.2, 0) is 16.6 Å². The van der Waals surface area contributed by atoms with Gasteiger partial charge in [-0.1, -0.05) is 29.1 Å². The van der Waals surface area contributed by atoms with Gasteiger partial charge in [0.2, 0.25) is 10.0 Å². The van der Waals surface area contributed by atoms with Gasteiger partial charge in [0.1, 0.15) is 4.90 Å². The molecule has 0 atom stereocenters. The highest BCUT2D eigenvalue weighted by Gasteiger charge is 2.25. The Morgan fingerprint density at radius 2 is 2.06 bits per heavy atom. The summed E-state index contributed by atoms with van der Waals surface area (Å²) in [6, 6.07) is 2.65. The van der Waals surface area contributed by atoms with Crippen LogP contribution in [0.4, 0.5) is 0 Å². The van der Waals surface area contributed by atoms with Gasteiger partial charge in [0, 0.05) is 17.6 Å². The summed E-state index contributed by atoms with van der Waals surface area (Å²) < 4.78 is 25.3. The zero-order chi connectivity index (χ0) is 13.9. The molecule has 0 aliphatic carbocycles. The number of terminal acetylenes is 1. The van der Waals surface area contributed by atoms with Gasteiger partial charge in [-0.25, -0.2) is 8.42 Å². The number of halogens is 2. The third-order valence-electron chi connectivity index (χ3n) is 2.31. The molecule has 0 aliphatic rings.